The Hall–Kier alpha value is -1.06. The van der Waals surface area contributed by atoms with Crippen LogP contribution in [0.3, 0.4) is 0 Å². The van der Waals surface area contributed by atoms with Gasteiger partial charge in [0, 0.05) is 12.3 Å². The number of imidazole rings is 1. The maximum absolute atomic E-state index is 6.21. The Bertz CT molecular complexity index is 502. The topological polar surface area (TPSA) is 43.3 Å². The molecule has 2 N–H and O–H groups in total. The van der Waals surface area contributed by atoms with Crippen LogP contribution in [0.4, 0.5) is 0 Å². The van der Waals surface area contributed by atoms with Crippen molar-refractivity contribution in [3.05, 3.63) is 34.9 Å². The molecule has 0 saturated heterocycles. The fourth-order valence-corrected chi connectivity index (χ4v) is 2.14. The average Bonchev–Trinajstić information content (AvgIpc) is 2.60. The molecule has 0 radical (unpaired) electrons. The number of hydrogen-bond acceptors (Lipinski definition) is 2. The first-order chi connectivity index (χ1) is 7.65. The first-order valence-electron chi connectivity index (χ1n) is 5.51. The molecule has 86 valence electrons. The summed E-state index contributed by atoms with van der Waals surface area (Å²) in [6.45, 7) is 4.84. The first-order valence-corrected chi connectivity index (χ1v) is 5.88. The second-order valence-electron chi connectivity index (χ2n) is 4.18. The van der Waals surface area contributed by atoms with Crippen molar-refractivity contribution >= 4 is 17.1 Å². The van der Waals surface area contributed by atoms with Crippen LogP contribution in [-0.2, 0) is 6.42 Å². The van der Waals surface area contributed by atoms with Crippen LogP contribution >= 0.6 is 11.6 Å². The van der Waals surface area contributed by atoms with Gasteiger partial charge >= 0.3 is 0 Å². The Morgan fingerprint density at radius 2 is 2.19 bits per heavy atom. The molecule has 0 unspecified atom stereocenters. The van der Waals surface area contributed by atoms with Crippen molar-refractivity contribution in [3.63, 3.8) is 0 Å². The molecule has 2 aromatic heterocycles. The van der Waals surface area contributed by atoms with Gasteiger partial charge in [-0.05, 0) is 18.7 Å². The van der Waals surface area contributed by atoms with Crippen LogP contribution in [0, 0.1) is 0 Å². The third-order valence-electron chi connectivity index (χ3n) is 2.61. The highest BCUT2D eigenvalue weighted by atomic mass is 35.5. The van der Waals surface area contributed by atoms with Gasteiger partial charge in [-0.25, -0.2) is 4.98 Å². The number of nitrogens with two attached hydrogens (primary N) is 1. The number of nitrogens with zero attached hydrogens (tertiary/aromatic N) is 2. The van der Waals surface area contributed by atoms with Gasteiger partial charge in [0.25, 0.3) is 0 Å². The molecule has 0 bridgehead atoms. The monoisotopic (exact) mass is 237 g/mol. The van der Waals surface area contributed by atoms with Crippen LogP contribution in [0.25, 0.3) is 5.52 Å². The summed E-state index contributed by atoms with van der Waals surface area (Å²) >= 11 is 6.21. The second kappa shape index (κ2) is 4.44. The molecule has 0 aliphatic carbocycles. The van der Waals surface area contributed by atoms with Crippen molar-refractivity contribution in [3.8, 4) is 0 Å². The van der Waals surface area contributed by atoms with Crippen LogP contribution in [0.1, 0.15) is 31.3 Å². The molecular weight excluding hydrogens is 222 g/mol. The van der Waals surface area contributed by atoms with Crippen molar-refractivity contribution in [2.75, 3.05) is 6.54 Å². The zero-order valence-electron chi connectivity index (χ0n) is 9.57. The number of rotatable bonds is 3. The van der Waals surface area contributed by atoms with Gasteiger partial charge in [0.2, 0.25) is 0 Å². The van der Waals surface area contributed by atoms with E-state index in [1.54, 1.807) is 0 Å². The lowest BCUT2D eigenvalue weighted by Gasteiger charge is -2.05. The molecule has 0 atom stereocenters. The lowest BCUT2D eigenvalue weighted by atomic mass is 10.2. The predicted molar refractivity (Wildman–Crippen MR) is 67.0 cm³/mol. The summed E-state index contributed by atoms with van der Waals surface area (Å²) in [6.07, 6.45) is 0.788. The molecule has 0 aliphatic rings. The van der Waals surface area contributed by atoms with Gasteiger partial charge in [0.15, 0.2) is 0 Å². The summed E-state index contributed by atoms with van der Waals surface area (Å²) in [5.74, 6) is 1.35. The molecule has 0 amide bonds. The summed E-state index contributed by atoms with van der Waals surface area (Å²) < 4.78 is 2.01. The van der Waals surface area contributed by atoms with E-state index in [1.165, 1.54) is 0 Å². The maximum atomic E-state index is 6.21. The highest BCUT2D eigenvalue weighted by Crippen LogP contribution is 2.24. The van der Waals surface area contributed by atoms with Gasteiger partial charge in [0.05, 0.1) is 11.2 Å². The molecule has 0 spiro atoms. The molecule has 0 saturated carbocycles. The van der Waals surface area contributed by atoms with E-state index in [0.717, 1.165) is 23.5 Å². The molecular formula is C12H16ClN3. The van der Waals surface area contributed by atoms with Crippen LogP contribution in [0.5, 0.6) is 0 Å². The number of pyridine rings is 1. The molecule has 2 rings (SSSR count). The normalized spacial score (nSPS) is 11.6. The van der Waals surface area contributed by atoms with Crippen LogP contribution in [0.2, 0.25) is 5.15 Å². The van der Waals surface area contributed by atoms with Crippen LogP contribution in [-0.4, -0.2) is 15.9 Å². The number of halogens is 1. The van der Waals surface area contributed by atoms with Crippen LogP contribution < -0.4 is 5.73 Å². The summed E-state index contributed by atoms with van der Waals surface area (Å²) in [5, 5.41) is 0.706. The molecule has 4 heteroatoms. The standard InChI is InChI=1S/C12H16ClN3/c1-8(2)12-15-9(6-7-14)10-4-3-5-11(13)16(10)12/h3-5,8H,6-7,14H2,1-2H3. The van der Waals surface area contributed by atoms with Crippen molar-refractivity contribution in [2.24, 2.45) is 5.73 Å². The van der Waals surface area contributed by atoms with Crippen molar-refractivity contribution < 1.29 is 0 Å². The lowest BCUT2D eigenvalue weighted by Crippen LogP contribution is -2.03. The smallest absolute Gasteiger partial charge is 0.117 e. The fraction of sp³-hybridized carbons (Fsp3) is 0.417. The Kier molecular flexibility index (Phi) is 3.17. The minimum atomic E-state index is 0.346. The molecule has 2 aromatic rings. The van der Waals surface area contributed by atoms with E-state index in [1.807, 2.05) is 22.6 Å². The van der Waals surface area contributed by atoms with Gasteiger partial charge < -0.3 is 5.73 Å². The largest absolute Gasteiger partial charge is 0.330 e. The molecule has 0 aliphatic heterocycles. The van der Waals surface area contributed by atoms with E-state index in [-0.39, 0.29) is 0 Å². The number of fused-ring (bicyclic) bond motifs is 1. The number of hydrogen-bond donors (Lipinski definition) is 1. The highest BCUT2D eigenvalue weighted by molar-refractivity contribution is 6.29. The van der Waals surface area contributed by atoms with E-state index in [0.29, 0.717) is 17.6 Å². The SMILES string of the molecule is CC(C)c1nc(CCN)c2cccc(Cl)n12. The van der Waals surface area contributed by atoms with Crippen LogP contribution in [0.15, 0.2) is 18.2 Å². The average molecular weight is 238 g/mol. The van der Waals surface area contributed by atoms with Crippen molar-refractivity contribution in [2.45, 2.75) is 26.2 Å². The second-order valence-corrected chi connectivity index (χ2v) is 4.57. The molecule has 3 nitrogen and oxygen atoms in total. The summed E-state index contributed by atoms with van der Waals surface area (Å²) in [5.41, 5.74) is 7.70. The van der Waals surface area contributed by atoms with E-state index in [9.17, 15) is 0 Å². The fourth-order valence-electron chi connectivity index (χ4n) is 1.89. The Morgan fingerprint density at radius 3 is 2.81 bits per heavy atom. The van der Waals surface area contributed by atoms with Crippen molar-refractivity contribution in [1.82, 2.24) is 9.38 Å². The predicted octanol–water partition coefficient (Wildman–Crippen LogP) is 2.61. The summed E-state index contributed by atoms with van der Waals surface area (Å²) in [4.78, 5) is 4.64. The number of aromatic nitrogens is 2. The zero-order chi connectivity index (χ0) is 11.7. The maximum Gasteiger partial charge on any atom is 0.117 e. The third kappa shape index (κ3) is 1.81. The minimum absolute atomic E-state index is 0.346. The highest BCUT2D eigenvalue weighted by Gasteiger charge is 2.14. The van der Waals surface area contributed by atoms with Gasteiger partial charge in [-0.2, -0.15) is 0 Å². The zero-order valence-corrected chi connectivity index (χ0v) is 10.3. The van der Waals surface area contributed by atoms with Gasteiger partial charge in [-0.1, -0.05) is 31.5 Å². The Labute approximate surface area is 100 Å². The molecule has 0 aromatic carbocycles. The minimum Gasteiger partial charge on any atom is -0.330 e. The Balaban J connectivity index is 2.71. The lowest BCUT2D eigenvalue weighted by molar-refractivity contribution is 0.764. The van der Waals surface area contributed by atoms with E-state index in [4.69, 9.17) is 17.3 Å². The van der Waals surface area contributed by atoms with Gasteiger partial charge in [0.1, 0.15) is 11.0 Å². The van der Waals surface area contributed by atoms with E-state index < -0.39 is 0 Å². The van der Waals surface area contributed by atoms with Gasteiger partial charge in [-0.15, -0.1) is 0 Å². The Morgan fingerprint density at radius 1 is 1.44 bits per heavy atom. The quantitative estimate of drug-likeness (QED) is 0.834. The summed E-state index contributed by atoms with van der Waals surface area (Å²) in [7, 11) is 0. The van der Waals surface area contributed by atoms with E-state index in [2.05, 4.69) is 18.8 Å². The first kappa shape index (κ1) is 11.4. The molecule has 2 heterocycles. The van der Waals surface area contributed by atoms with Gasteiger partial charge in [-0.3, -0.25) is 4.40 Å². The van der Waals surface area contributed by atoms with Crippen molar-refractivity contribution in [1.29, 1.82) is 0 Å². The molecule has 0 fully saturated rings. The third-order valence-corrected chi connectivity index (χ3v) is 2.91. The summed E-state index contributed by atoms with van der Waals surface area (Å²) in [6, 6.07) is 5.87. The van der Waals surface area contributed by atoms with E-state index >= 15 is 0 Å². The molecule has 16 heavy (non-hydrogen) atoms.